The number of hydrogen-bond donors (Lipinski definition) is 0. The van der Waals surface area contributed by atoms with Crippen LogP contribution < -0.4 is 0 Å². The van der Waals surface area contributed by atoms with Gasteiger partial charge in [-0.2, -0.15) is 9.90 Å². The Hall–Kier alpha value is -6.22. The molecule has 0 atom stereocenters. The van der Waals surface area contributed by atoms with Gasteiger partial charge in [0.2, 0.25) is 0 Å². The standard InChI is InChI=1S/C10H14.C9H13N.C8H14N2.C8H12N2.C8H13NO.C7H11NO.C7H11NS.C6H12N4/c1-10(2,3)9-7-5-4-6-8-9;1-9(2,3)8-6-4-5-7-10-8;1-8(2,3)7-5-6-10(4)9-7;1-8(2,3)7-9-5-4-6-10-7;1-6-5-7(9-10-6)8(2,3)4;2*1-7(2,3)6-8-4-5-9-6;1-6(2,3)5-7-9-10(4)8-5/h4-8H,1-3H3;4-7H,1-3H3;5-6H,1-4H3;4-6H,1-3H3;5H,1-4H3;2*4-5H,1-3H3;1-4H3. The summed E-state index contributed by atoms with van der Waals surface area (Å²) < 4.78 is 11.9. The molecule has 0 aliphatic rings. The molecule has 8 rings (SSSR count). The van der Waals surface area contributed by atoms with Crippen molar-refractivity contribution in [2.45, 2.75) is 216 Å². The van der Waals surface area contributed by atoms with Crippen molar-refractivity contribution in [1.82, 2.24) is 60.1 Å². The predicted molar refractivity (Wildman–Crippen MR) is 324 cm³/mol. The second-order valence-electron chi connectivity index (χ2n) is 27.1. The fourth-order valence-electron chi connectivity index (χ4n) is 5.74. The normalized spacial score (nSPS) is 11.8. The summed E-state index contributed by atoms with van der Waals surface area (Å²) in [5, 5.41) is 23.1. The van der Waals surface area contributed by atoms with Gasteiger partial charge in [-0.3, -0.25) is 9.67 Å². The summed E-state index contributed by atoms with van der Waals surface area (Å²) in [5.74, 6) is 3.36. The molecule has 0 amide bonds. The third-order valence-electron chi connectivity index (χ3n) is 10.5. The van der Waals surface area contributed by atoms with E-state index in [0.29, 0.717) is 5.41 Å². The number of nitrogens with zero attached hydrogens (tertiary/aromatic N) is 12. The lowest BCUT2D eigenvalue weighted by atomic mass is 9.87. The number of pyridine rings is 1. The van der Waals surface area contributed by atoms with E-state index in [1.54, 1.807) is 43.2 Å². The molecule has 0 bridgehead atoms. The number of rotatable bonds is 0. The highest BCUT2D eigenvalue weighted by molar-refractivity contribution is 7.09. The summed E-state index contributed by atoms with van der Waals surface area (Å²) in [7, 11) is 3.71. The number of hydrogen-bond acceptors (Lipinski definition) is 13. The molecule has 0 unspecified atom stereocenters. The second kappa shape index (κ2) is 30.2. The maximum atomic E-state index is 5.09. The Morgan fingerprint density at radius 3 is 1.23 bits per heavy atom. The van der Waals surface area contributed by atoms with E-state index in [2.05, 4.69) is 259 Å². The van der Waals surface area contributed by atoms with E-state index in [0.717, 1.165) is 40.4 Å². The van der Waals surface area contributed by atoms with Gasteiger partial charge in [-0.25, -0.2) is 19.9 Å². The van der Waals surface area contributed by atoms with Gasteiger partial charge in [0, 0.05) is 93.1 Å². The summed E-state index contributed by atoms with van der Waals surface area (Å²) in [6.45, 7) is 53.1. The summed E-state index contributed by atoms with van der Waals surface area (Å²) >= 11 is 1.72. The number of aryl methyl sites for hydroxylation is 3. The Bertz CT molecular complexity index is 2480. The van der Waals surface area contributed by atoms with Crippen LogP contribution in [0.1, 0.15) is 217 Å². The van der Waals surface area contributed by atoms with Gasteiger partial charge in [0.05, 0.1) is 29.6 Å². The maximum absolute atomic E-state index is 5.09. The molecule has 78 heavy (non-hydrogen) atoms. The van der Waals surface area contributed by atoms with Gasteiger partial charge >= 0.3 is 0 Å². The number of thiazole rings is 1. The SMILES string of the molecule is CC(C)(C)c1ccccc1.CC(C)(C)c1ccccn1.CC(C)(C)c1ncccn1.CC(C)(C)c1ncco1.CC(C)(C)c1nccs1.Cc1cc(C(C)(C)C)no1.Cn1ccc(C(C)(C)C)n1.Cn1nnc(C(C)(C)C)n1. The molecule has 8 aromatic rings. The van der Waals surface area contributed by atoms with Crippen molar-refractivity contribution in [3.63, 3.8) is 0 Å². The monoisotopic (exact) mass is 1090 g/mol. The van der Waals surface area contributed by atoms with Crippen LogP contribution in [0, 0.1) is 6.92 Å². The lowest BCUT2D eigenvalue weighted by Gasteiger charge is -2.18. The molecule has 0 aliphatic carbocycles. The van der Waals surface area contributed by atoms with E-state index in [1.165, 1.54) is 15.4 Å². The molecule has 0 saturated carbocycles. The summed E-state index contributed by atoms with van der Waals surface area (Å²) in [6.07, 6.45) is 12.5. The second-order valence-corrected chi connectivity index (χ2v) is 28.0. The predicted octanol–water partition coefficient (Wildman–Crippen LogP) is 16.1. The molecule has 14 nitrogen and oxygen atoms in total. The van der Waals surface area contributed by atoms with Gasteiger partial charge < -0.3 is 8.94 Å². The fourth-order valence-corrected chi connectivity index (χ4v) is 6.46. The zero-order valence-corrected chi connectivity index (χ0v) is 53.9. The molecule has 0 fully saturated rings. The minimum absolute atomic E-state index is 0.00819. The van der Waals surface area contributed by atoms with Crippen molar-refractivity contribution in [2.24, 2.45) is 14.1 Å². The van der Waals surface area contributed by atoms with Crippen LogP contribution in [-0.4, -0.2) is 60.1 Å². The van der Waals surface area contributed by atoms with E-state index < -0.39 is 0 Å². The van der Waals surface area contributed by atoms with Gasteiger partial charge in [0.15, 0.2) is 11.7 Å². The van der Waals surface area contributed by atoms with E-state index in [-0.39, 0.29) is 37.9 Å². The van der Waals surface area contributed by atoms with E-state index >= 15 is 0 Å². The summed E-state index contributed by atoms with van der Waals surface area (Å²) in [6, 6.07) is 22.4. The van der Waals surface area contributed by atoms with Crippen LogP contribution >= 0.6 is 11.3 Å². The lowest BCUT2D eigenvalue weighted by Crippen LogP contribution is -2.14. The fraction of sp³-hybridized carbons (Fsp3) is 0.556. The summed E-state index contributed by atoms with van der Waals surface area (Å²) in [4.78, 5) is 22.2. The minimum Gasteiger partial charge on any atom is -0.448 e. The van der Waals surface area contributed by atoms with E-state index in [9.17, 15) is 0 Å². The van der Waals surface area contributed by atoms with Crippen LogP contribution in [0.3, 0.4) is 0 Å². The Balaban J connectivity index is 0.000000446. The number of oxazole rings is 1. The van der Waals surface area contributed by atoms with Gasteiger partial charge in [-0.15, -0.1) is 21.5 Å². The van der Waals surface area contributed by atoms with Gasteiger partial charge in [0.1, 0.15) is 17.8 Å². The Morgan fingerprint density at radius 1 is 0.449 bits per heavy atom. The highest BCUT2D eigenvalue weighted by Gasteiger charge is 2.21. The van der Waals surface area contributed by atoms with Crippen LogP contribution in [0.25, 0.3) is 0 Å². The number of benzene rings is 1. The largest absolute Gasteiger partial charge is 0.448 e. The first kappa shape index (κ1) is 69.8. The third-order valence-corrected chi connectivity index (χ3v) is 11.7. The van der Waals surface area contributed by atoms with Gasteiger partial charge in [-0.05, 0) is 47.4 Å². The molecular weight excluding hydrogens is 989 g/mol. The van der Waals surface area contributed by atoms with Crippen LogP contribution in [0.2, 0.25) is 0 Å². The summed E-state index contributed by atoms with van der Waals surface area (Å²) in [5.41, 5.74) is 5.83. The number of tetrazole rings is 1. The Kier molecular flexibility index (Phi) is 27.0. The van der Waals surface area contributed by atoms with Crippen LogP contribution in [0.15, 0.2) is 124 Å². The van der Waals surface area contributed by atoms with Crippen molar-refractivity contribution in [1.29, 1.82) is 0 Å². The maximum Gasteiger partial charge on any atom is 0.199 e. The van der Waals surface area contributed by atoms with Crippen molar-refractivity contribution < 1.29 is 8.94 Å². The van der Waals surface area contributed by atoms with E-state index in [1.807, 2.05) is 66.9 Å². The zero-order valence-electron chi connectivity index (χ0n) is 53.1. The van der Waals surface area contributed by atoms with Crippen LogP contribution in [-0.2, 0) is 57.4 Å². The van der Waals surface area contributed by atoms with Crippen molar-refractivity contribution in [3.8, 4) is 0 Å². The highest BCUT2D eigenvalue weighted by atomic mass is 32.1. The van der Waals surface area contributed by atoms with Gasteiger partial charge in [-0.1, -0.05) is 208 Å². The van der Waals surface area contributed by atoms with Gasteiger partial charge in [0.25, 0.3) is 0 Å². The molecule has 0 spiro atoms. The molecule has 7 heterocycles. The molecule has 0 radical (unpaired) electrons. The quantitative estimate of drug-likeness (QED) is 0.141. The molecule has 0 N–H and O–H groups in total. The molecule has 1 aromatic carbocycles. The first-order valence-corrected chi connectivity index (χ1v) is 27.6. The van der Waals surface area contributed by atoms with E-state index in [4.69, 9.17) is 8.94 Å². The van der Waals surface area contributed by atoms with Crippen LogP contribution in [0.4, 0.5) is 0 Å². The van der Waals surface area contributed by atoms with Crippen LogP contribution in [0.5, 0.6) is 0 Å². The molecule has 0 aliphatic heterocycles. The number of aromatic nitrogens is 12. The third kappa shape index (κ3) is 29.0. The topological polar surface area (TPSA) is 165 Å². The van der Waals surface area contributed by atoms with Crippen molar-refractivity contribution >= 4 is 11.3 Å². The lowest BCUT2D eigenvalue weighted by molar-refractivity contribution is 0.375. The molecule has 15 heteroatoms. The highest BCUT2D eigenvalue weighted by Crippen LogP contribution is 2.25. The smallest absolute Gasteiger partial charge is 0.199 e. The minimum atomic E-state index is 0.00819. The average molecular weight is 1090 g/mol. The molecular formula is C63H100N12O2S. The van der Waals surface area contributed by atoms with Crippen molar-refractivity contribution in [2.75, 3.05) is 0 Å². The molecule has 7 aromatic heterocycles. The zero-order chi connectivity index (χ0) is 60.0. The molecule has 0 saturated heterocycles. The first-order valence-electron chi connectivity index (χ1n) is 26.8. The van der Waals surface area contributed by atoms with Crippen molar-refractivity contribution in [3.05, 3.63) is 167 Å². The Morgan fingerprint density at radius 2 is 0.987 bits per heavy atom. The Labute approximate surface area is 475 Å². The average Bonchev–Trinajstić information content (AvgIpc) is 4.19. The molecule has 430 valence electrons. The first-order chi connectivity index (χ1) is 35.5.